The lowest BCUT2D eigenvalue weighted by Gasteiger charge is -1.98. The number of nitrogens with two attached hydrogens (primary N) is 1. The molecule has 3 N–H and O–H groups in total. The SMILES string of the molecule is CCOC(C)=O.NC(=O)c1ccc(Br)cc1O. The highest BCUT2D eigenvalue weighted by atomic mass is 79.9. The molecule has 0 saturated carbocycles. The summed E-state index contributed by atoms with van der Waals surface area (Å²) in [5, 5.41) is 9.13. The molecule has 0 aliphatic rings. The lowest BCUT2D eigenvalue weighted by atomic mass is 10.2. The molecule has 5 nitrogen and oxygen atoms in total. The molecule has 1 aromatic carbocycles. The van der Waals surface area contributed by atoms with Gasteiger partial charge >= 0.3 is 5.97 Å². The number of primary amides is 1. The van der Waals surface area contributed by atoms with Gasteiger partial charge in [0, 0.05) is 11.4 Å². The average molecular weight is 304 g/mol. The number of rotatable bonds is 2. The first kappa shape index (κ1) is 15.4. The first-order chi connectivity index (χ1) is 7.88. The fourth-order valence-corrected chi connectivity index (χ4v) is 1.27. The van der Waals surface area contributed by atoms with Crippen molar-refractivity contribution in [1.29, 1.82) is 0 Å². The van der Waals surface area contributed by atoms with Crippen LogP contribution in [0.4, 0.5) is 0 Å². The van der Waals surface area contributed by atoms with E-state index in [1.165, 1.54) is 19.1 Å². The molecule has 94 valence electrons. The normalized spacial score (nSPS) is 8.88. The number of hydrogen-bond acceptors (Lipinski definition) is 4. The summed E-state index contributed by atoms with van der Waals surface area (Å²) in [5.41, 5.74) is 5.08. The number of carbonyl (C=O) groups is 2. The van der Waals surface area contributed by atoms with Crippen molar-refractivity contribution >= 4 is 27.8 Å². The summed E-state index contributed by atoms with van der Waals surface area (Å²) in [6.45, 7) is 3.65. The van der Waals surface area contributed by atoms with Crippen molar-refractivity contribution in [2.75, 3.05) is 6.61 Å². The largest absolute Gasteiger partial charge is 0.507 e. The molecular formula is C11H14BrNO4. The van der Waals surface area contributed by atoms with E-state index in [-0.39, 0.29) is 17.3 Å². The molecule has 0 fully saturated rings. The summed E-state index contributed by atoms with van der Waals surface area (Å²) in [6.07, 6.45) is 0. The highest BCUT2D eigenvalue weighted by Crippen LogP contribution is 2.21. The van der Waals surface area contributed by atoms with Crippen molar-refractivity contribution in [2.45, 2.75) is 13.8 Å². The fraction of sp³-hybridized carbons (Fsp3) is 0.273. The van der Waals surface area contributed by atoms with Crippen LogP contribution in [-0.4, -0.2) is 23.6 Å². The summed E-state index contributed by atoms with van der Waals surface area (Å²) >= 11 is 3.13. The third kappa shape index (κ3) is 6.57. The number of phenols is 1. The maximum Gasteiger partial charge on any atom is 0.302 e. The molecule has 0 aliphatic heterocycles. The molecule has 0 aliphatic carbocycles. The van der Waals surface area contributed by atoms with Gasteiger partial charge in [0.1, 0.15) is 5.75 Å². The smallest absolute Gasteiger partial charge is 0.302 e. The second kappa shape index (κ2) is 7.67. The molecule has 0 saturated heterocycles. The van der Waals surface area contributed by atoms with E-state index >= 15 is 0 Å². The van der Waals surface area contributed by atoms with Crippen LogP contribution in [0.3, 0.4) is 0 Å². The second-order valence-corrected chi connectivity index (χ2v) is 3.87. The van der Waals surface area contributed by atoms with Gasteiger partial charge in [-0.3, -0.25) is 9.59 Å². The Kier molecular flexibility index (Phi) is 6.97. The standard InChI is InChI=1S/C7H6BrNO2.C4H8O2/c8-4-1-2-5(7(9)11)6(10)3-4;1-3-6-4(2)5/h1-3,10H,(H2,9,11);3H2,1-2H3. The van der Waals surface area contributed by atoms with Crippen LogP contribution in [0, 0.1) is 0 Å². The minimum atomic E-state index is -0.630. The minimum Gasteiger partial charge on any atom is -0.507 e. The Labute approximate surface area is 108 Å². The Morgan fingerprint density at radius 1 is 1.47 bits per heavy atom. The number of esters is 1. The summed E-state index contributed by atoms with van der Waals surface area (Å²) in [4.78, 5) is 20.4. The lowest BCUT2D eigenvalue weighted by molar-refractivity contribution is -0.140. The average Bonchev–Trinajstić information content (AvgIpc) is 2.17. The summed E-state index contributed by atoms with van der Waals surface area (Å²) in [7, 11) is 0. The van der Waals surface area contributed by atoms with Crippen LogP contribution >= 0.6 is 15.9 Å². The minimum absolute atomic E-state index is 0.105. The molecule has 0 spiro atoms. The van der Waals surface area contributed by atoms with Gasteiger partial charge < -0.3 is 15.6 Å². The zero-order chi connectivity index (χ0) is 13.4. The number of halogens is 1. The summed E-state index contributed by atoms with van der Waals surface area (Å²) in [5.74, 6) is -0.945. The molecule has 1 aromatic rings. The molecule has 0 unspecified atom stereocenters. The van der Waals surface area contributed by atoms with Gasteiger partial charge in [-0.1, -0.05) is 15.9 Å². The van der Waals surface area contributed by atoms with E-state index in [4.69, 9.17) is 10.8 Å². The van der Waals surface area contributed by atoms with E-state index in [1.807, 2.05) is 0 Å². The lowest BCUT2D eigenvalue weighted by Crippen LogP contribution is -2.10. The molecule has 0 bridgehead atoms. The van der Waals surface area contributed by atoms with E-state index in [0.29, 0.717) is 11.1 Å². The van der Waals surface area contributed by atoms with Gasteiger partial charge in [0.05, 0.1) is 12.2 Å². The number of amides is 1. The van der Waals surface area contributed by atoms with Gasteiger partial charge in [-0.15, -0.1) is 0 Å². The van der Waals surface area contributed by atoms with Crippen LogP contribution in [-0.2, 0) is 9.53 Å². The molecule has 0 radical (unpaired) electrons. The van der Waals surface area contributed by atoms with Crippen molar-refractivity contribution in [3.05, 3.63) is 28.2 Å². The van der Waals surface area contributed by atoms with Crippen molar-refractivity contribution < 1.29 is 19.4 Å². The van der Waals surface area contributed by atoms with Gasteiger partial charge in [-0.25, -0.2) is 0 Å². The second-order valence-electron chi connectivity index (χ2n) is 2.95. The molecule has 1 amide bonds. The van der Waals surface area contributed by atoms with Gasteiger partial charge in [-0.2, -0.15) is 0 Å². The van der Waals surface area contributed by atoms with E-state index in [9.17, 15) is 9.59 Å². The van der Waals surface area contributed by atoms with Crippen molar-refractivity contribution in [3.63, 3.8) is 0 Å². The highest BCUT2D eigenvalue weighted by molar-refractivity contribution is 9.10. The third-order valence-electron chi connectivity index (χ3n) is 1.57. The molecule has 17 heavy (non-hydrogen) atoms. The van der Waals surface area contributed by atoms with Crippen molar-refractivity contribution in [3.8, 4) is 5.75 Å². The Morgan fingerprint density at radius 3 is 2.35 bits per heavy atom. The predicted octanol–water partition coefficient (Wildman–Crippen LogP) is 1.82. The monoisotopic (exact) mass is 303 g/mol. The Hall–Kier alpha value is -1.56. The molecule has 0 aromatic heterocycles. The first-order valence-electron chi connectivity index (χ1n) is 4.80. The van der Waals surface area contributed by atoms with E-state index in [2.05, 4.69) is 20.7 Å². The molecule has 0 heterocycles. The van der Waals surface area contributed by atoms with Gasteiger partial charge in [0.15, 0.2) is 0 Å². The zero-order valence-corrected chi connectivity index (χ0v) is 11.2. The quantitative estimate of drug-likeness (QED) is 0.816. The van der Waals surface area contributed by atoms with Gasteiger partial charge in [0.2, 0.25) is 0 Å². The molecule has 0 atom stereocenters. The Balaban J connectivity index is 0.000000366. The third-order valence-corrected chi connectivity index (χ3v) is 2.07. The van der Waals surface area contributed by atoms with E-state index in [0.717, 1.165) is 0 Å². The van der Waals surface area contributed by atoms with E-state index < -0.39 is 5.91 Å². The maximum atomic E-state index is 10.6. The topological polar surface area (TPSA) is 89.6 Å². The summed E-state index contributed by atoms with van der Waals surface area (Å²) < 4.78 is 5.11. The number of carbonyl (C=O) groups excluding carboxylic acids is 2. The van der Waals surface area contributed by atoms with Crippen LogP contribution in [0.15, 0.2) is 22.7 Å². The highest BCUT2D eigenvalue weighted by Gasteiger charge is 2.05. The van der Waals surface area contributed by atoms with Crippen LogP contribution in [0.25, 0.3) is 0 Å². The van der Waals surface area contributed by atoms with Crippen LogP contribution in [0.2, 0.25) is 0 Å². The number of benzene rings is 1. The van der Waals surface area contributed by atoms with Crippen molar-refractivity contribution in [1.82, 2.24) is 0 Å². The van der Waals surface area contributed by atoms with Crippen LogP contribution in [0.1, 0.15) is 24.2 Å². The zero-order valence-electron chi connectivity index (χ0n) is 9.57. The van der Waals surface area contributed by atoms with Gasteiger partial charge in [-0.05, 0) is 25.1 Å². The van der Waals surface area contributed by atoms with Crippen molar-refractivity contribution in [2.24, 2.45) is 5.73 Å². The molecule has 6 heteroatoms. The molecular weight excluding hydrogens is 290 g/mol. The number of ether oxygens (including phenoxy) is 1. The van der Waals surface area contributed by atoms with Crippen LogP contribution in [0.5, 0.6) is 5.75 Å². The Bertz CT molecular complexity index is 406. The maximum absolute atomic E-state index is 10.6. The van der Waals surface area contributed by atoms with E-state index in [1.54, 1.807) is 13.0 Å². The predicted molar refractivity (Wildman–Crippen MR) is 66.6 cm³/mol. The summed E-state index contributed by atoms with van der Waals surface area (Å²) in [6, 6.07) is 4.52. The van der Waals surface area contributed by atoms with Gasteiger partial charge in [0.25, 0.3) is 5.91 Å². The molecule has 1 rings (SSSR count). The number of aromatic hydroxyl groups is 1. The fourth-order valence-electron chi connectivity index (χ4n) is 0.916. The number of hydrogen-bond donors (Lipinski definition) is 2. The Morgan fingerprint density at radius 2 is 2.06 bits per heavy atom. The first-order valence-corrected chi connectivity index (χ1v) is 5.59. The van der Waals surface area contributed by atoms with Crippen LogP contribution < -0.4 is 5.73 Å².